The standard InChI is InChI=1S/C20H16N4OS2/c1-11-9-13(7-8-21-11)23-20(25)19-16(12-5-6-12)17(24-27-19)14-3-2-4-15-18(14)26-10-22-15/h2-4,7-10,12H,5-6H2,1H3,(H,21,23,25). The van der Waals surface area contributed by atoms with E-state index in [9.17, 15) is 4.79 Å². The van der Waals surface area contributed by atoms with Crippen LogP contribution < -0.4 is 5.32 Å². The highest BCUT2D eigenvalue weighted by Gasteiger charge is 2.34. The lowest BCUT2D eigenvalue weighted by Crippen LogP contribution is -2.12. The van der Waals surface area contributed by atoms with Crippen molar-refractivity contribution in [1.29, 1.82) is 0 Å². The summed E-state index contributed by atoms with van der Waals surface area (Å²) in [4.78, 5) is 22.3. The number of fused-ring (bicyclic) bond motifs is 1. The number of pyridine rings is 1. The van der Waals surface area contributed by atoms with Crippen molar-refractivity contribution in [2.45, 2.75) is 25.7 Å². The van der Waals surface area contributed by atoms with Gasteiger partial charge < -0.3 is 5.32 Å². The first-order chi connectivity index (χ1) is 13.2. The molecule has 1 N–H and O–H groups in total. The Kier molecular flexibility index (Phi) is 3.98. The molecular formula is C20H16N4OS2. The third-order valence-corrected chi connectivity index (χ3v) is 6.42. The Bertz CT molecular complexity index is 1160. The van der Waals surface area contributed by atoms with E-state index >= 15 is 0 Å². The molecule has 1 aliphatic carbocycles. The van der Waals surface area contributed by atoms with E-state index < -0.39 is 0 Å². The Hall–Kier alpha value is -2.64. The van der Waals surface area contributed by atoms with Crippen molar-refractivity contribution in [3.05, 3.63) is 58.2 Å². The number of carbonyl (C=O) groups excluding carboxylic acids is 1. The molecule has 1 fully saturated rings. The van der Waals surface area contributed by atoms with Crippen LogP contribution >= 0.6 is 22.9 Å². The molecule has 0 saturated heterocycles. The van der Waals surface area contributed by atoms with Gasteiger partial charge in [-0.3, -0.25) is 9.78 Å². The van der Waals surface area contributed by atoms with Crippen LogP contribution in [0, 0.1) is 6.92 Å². The van der Waals surface area contributed by atoms with Crippen LogP contribution in [-0.2, 0) is 0 Å². The van der Waals surface area contributed by atoms with Crippen LogP contribution in [0.1, 0.15) is 39.7 Å². The highest BCUT2D eigenvalue weighted by atomic mass is 32.1. The van der Waals surface area contributed by atoms with Gasteiger partial charge in [0.25, 0.3) is 5.91 Å². The fourth-order valence-corrected chi connectivity index (χ4v) is 4.97. The van der Waals surface area contributed by atoms with Crippen molar-refractivity contribution >= 4 is 44.7 Å². The third-order valence-electron chi connectivity index (χ3n) is 4.69. The van der Waals surface area contributed by atoms with E-state index in [1.807, 2.05) is 36.7 Å². The van der Waals surface area contributed by atoms with Gasteiger partial charge in [-0.05, 0) is 55.4 Å². The summed E-state index contributed by atoms with van der Waals surface area (Å²) in [6, 6.07) is 9.77. The summed E-state index contributed by atoms with van der Waals surface area (Å²) in [7, 11) is 0. The summed E-state index contributed by atoms with van der Waals surface area (Å²) < 4.78 is 5.83. The number of hydrogen-bond acceptors (Lipinski definition) is 6. The van der Waals surface area contributed by atoms with Crippen LogP contribution in [0.4, 0.5) is 5.69 Å². The number of nitrogens with one attached hydrogen (secondary N) is 1. The molecule has 3 aromatic heterocycles. The van der Waals surface area contributed by atoms with Crippen molar-refractivity contribution in [1.82, 2.24) is 14.3 Å². The average molecular weight is 393 g/mol. The Morgan fingerprint density at radius 2 is 2.11 bits per heavy atom. The normalized spacial score (nSPS) is 13.8. The molecule has 0 atom stereocenters. The smallest absolute Gasteiger partial charge is 0.267 e. The number of benzene rings is 1. The molecule has 1 saturated carbocycles. The molecule has 0 radical (unpaired) electrons. The second kappa shape index (κ2) is 6.51. The predicted octanol–water partition coefficient (Wildman–Crippen LogP) is 5.25. The van der Waals surface area contributed by atoms with E-state index in [1.54, 1.807) is 17.5 Å². The van der Waals surface area contributed by atoms with Crippen LogP contribution in [0.15, 0.2) is 42.0 Å². The van der Waals surface area contributed by atoms with E-state index in [1.165, 1.54) is 11.5 Å². The summed E-state index contributed by atoms with van der Waals surface area (Å²) in [6.07, 6.45) is 3.92. The van der Waals surface area contributed by atoms with Gasteiger partial charge in [-0.15, -0.1) is 11.3 Å². The second-order valence-electron chi connectivity index (χ2n) is 6.69. The van der Waals surface area contributed by atoms with Crippen molar-refractivity contribution < 1.29 is 4.79 Å². The number of amides is 1. The summed E-state index contributed by atoms with van der Waals surface area (Å²) in [5, 5.41) is 3.00. The lowest BCUT2D eigenvalue weighted by molar-refractivity contribution is 0.102. The first kappa shape index (κ1) is 16.5. The van der Waals surface area contributed by atoms with Crippen LogP contribution in [0.25, 0.3) is 21.5 Å². The number of thiazole rings is 1. The maximum atomic E-state index is 13.0. The van der Waals surface area contributed by atoms with Crippen molar-refractivity contribution in [3.8, 4) is 11.3 Å². The zero-order valence-corrected chi connectivity index (χ0v) is 16.2. The first-order valence-electron chi connectivity index (χ1n) is 8.77. The average Bonchev–Trinajstić information content (AvgIpc) is 3.21. The predicted molar refractivity (Wildman–Crippen MR) is 110 cm³/mol. The van der Waals surface area contributed by atoms with Crippen molar-refractivity contribution in [3.63, 3.8) is 0 Å². The van der Waals surface area contributed by atoms with E-state index in [4.69, 9.17) is 4.37 Å². The molecule has 0 aliphatic heterocycles. The first-order valence-corrected chi connectivity index (χ1v) is 10.4. The zero-order valence-electron chi connectivity index (χ0n) is 14.6. The van der Waals surface area contributed by atoms with E-state index in [0.717, 1.165) is 51.3 Å². The number of anilines is 1. The molecule has 0 unspecified atom stereocenters. The fourth-order valence-electron chi connectivity index (χ4n) is 3.29. The Morgan fingerprint density at radius 1 is 1.22 bits per heavy atom. The third kappa shape index (κ3) is 3.02. The molecule has 0 spiro atoms. The lowest BCUT2D eigenvalue weighted by Gasteiger charge is -2.07. The molecule has 4 aromatic rings. The lowest BCUT2D eigenvalue weighted by atomic mass is 10.0. The SMILES string of the molecule is Cc1cc(NC(=O)c2snc(-c3cccc4ncsc34)c2C2CC2)ccn1. The molecule has 0 bridgehead atoms. The minimum Gasteiger partial charge on any atom is -0.321 e. The number of aromatic nitrogens is 3. The molecule has 27 heavy (non-hydrogen) atoms. The van der Waals surface area contributed by atoms with Crippen LogP contribution in [0.5, 0.6) is 0 Å². The minimum absolute atomic E-state index is 0.0947. The second-order valence-corrected chi connectivity index (χ2v) is 8.32. The van der Waals surface area contributed by atoms with Crippen LogP contribution in [-0.4, -0.2) is 20.2 Å². The summed E-state index contributed by atoms with van der Waals surface area (Å²) in [5.41, 5.74) is 7.57. The molecule has 3 heterocycles. The van der Waals surface area contributed by atoms with Crippen LogP contribution in [0.3, 0.4) is 0 Å². The topological polar surface area (TPSA) is 67.8 Å². The zero-order chi connectivity index (χ0) is 18.4. The van der Waals surface area contributed by atoms with Gasteiger partial charge in [0.1, 0.15) is 4.88 Å². The van der Waals surface area contributed by atoms with Crippen LogP contribution in [0.2, 0.25) is 0 Å². The van der Waals surface area contributed by atoms with Gasteiger partial charge in [0.15, 0.2) is 0 Å². The number of nitrogens with zero attached hydrogens (tertiary/aromatic N) is 3. The molecule has 1 aliphatic rings. The number of aryl methyl sites for hydroxylation is 1. The molecular weight excluding hydrogens is 376 g/mol. The van der Waals surface area contributed by atoms with Crippen molar-refractivity contribution in [2.75, 3.05) is 5.32 Å². The Morgan fingerprint density at radius 3 is 2.93 bits per heavy atom. The maximum absolute atomic E-state index is 13.0. The molecule has 134 valence electrons. The van der Waals surface area contributed by atoms with Gasteiger partial charge in [-0.1, -0.05) is 12.1 Å². The summed E-state index contributed by atoms with van der Waals surface area (Å²) in [5.74, 6) is 0.324. The molecule has 7 heteroatoms. The van der Waals surface area contributed by atoms with Gasteiger partial charge in [0.05, 0.1) is 21.4 Å². The molecule has 5 rings (SSSR count). The monoisotopic (exact) mass is 392 g/mol. The van der Waals surface area contributed by atoms with Gasteiger partial charge in [0.2, 0.25) is 0 Å². The Labute approximate surface area is 164 Å². The fraction of sp³-hybridized carbons (Fsp3) is 0.200. The van der Waals surface area contributed by atoms with E-state index in [0.29, 0.717) is 10.8 Å². The van der Waals surface area contributed by atoms with E-state index in [-0.39, 0.29) is 5.91 Å². The van der Waals surface area contributed by atoms with Gasteiger partial charge >= 0.3 is 0 Å². The largest absolute Gasteiger partial charge is 0.321 e. The van der Waals surface area contributed by atoms with Crippen molar-refractivity contribution in [2.24, 2.45) is 0 Å². The number of hydrogen-bond donors (Lipinski definition) is 1. The van der Waals surface area contributed by atoms with Gasteiger partial charge in [-0.25, -0.2) is 4.98 Å². The molecule has 1 amide bonds. The Balaban J connectivity index is 1.57. The number of rotatable bonds is 4. The minimum atomic E-state index is -0.0947. The quantitative estimate of drug-likeness (QED) is 0.515. The highest BCUT2D eigenvalue weighted by molar-refractivity contribution is 7.17. The van der Waals surface area contributed by atoms with Gasteiger partial charge in [0, 0.05) is 28.7 Å². The summed E-state index contributed by atoms with van der Waals surface area (Å²) >= 11 is 2.91. The van der Waals surface area contributed by atoms with Gasteiger partial charge in [-0.2, -0.15) is 4.37 Å². The summed E-state index contributed by atoms with van der Waals surface area (Å²) in [6.45, 7) is 1.91. The highest BCUT2D eigenvalue weighted by Crippen LogP contribution is 2.48. The maximum Gasteiger partial charge on any atom is 0.267 e. The molecule has 5 nitrogen and oxygen atoms in total. The number of carbonyl (C=O) groups is 1. The van der Waals surface area contributed by atoms with E-state index in [2.05, 4.69) is 21.4 Å². The molecule has 1 aromatic carbocycles.